The van der Waals surface area contributed by atoms with Crippen molar-refractivity contribution in [2.45, 2.75) is 4.90 Å². The van der Waals surface area contributed by atoms with Gasteiger partial charge in [0.05, 0.1) is 16.8 Å². The molecular formula is C16H12ClN3O3S. The standard InChI is InChI=1S/C16H12ClN3O3S/c17-9-1-4-11(5-2-9)24-8-14(21)18-10-3-6-12-13(7-10)20-16(23)15(22)19-12/h1-7H,8H2,(H,18,21)(H,19,22)(H,20,23). The van der Waals surface area contributed by atoms with Crippen LogP contribution >= 0.6 is 23.4 Å². The summed E-state index contributed by atoms with van der Waals surface area (Å²) in [5.74, 6) is 0.0583. The predicted molar refractivity (Wildman–Crippen MR) is 96.0 cm³/mol. The quantitative estimate of drug-likeness (QED) is 0.491. The maximum atomic E-state index is 12.0. The van der Waals surface area contributed by atoms with Gasteiger partial charge < -0.3 is 15.3 Å². The van der Waals surface area contributed by atoms with Gasteiger partial charge in [-0.1, -0.05) is 11.6 Å². The minimum Gasteiger partial charge on any atom is -0.325 e. The highest BCUT2D eigenvalue weighted by atomic mass is 35.5. The second-order valence-corrected chi connectivity index (χ2v) is 6.44. The molecule has 0 saturated heterocycles. The van der Waals surface area contributed by atoms with Gasteiger partial charge >= 0.3 is 11.1 Å². The first kappa shape index (κ1) is 16.4. The Bertz CT molecular complexity index is 1010. The number of nitrogens with one attached hydrogen (secondary N) is 3. The number of halogens is 1. The molecule has 0 fully saturated rings. The molecule has 0 atom stereocenters. The van der Waals surface area contributed by atoms with E-state index in [-0.39, 0.29) is 11.7 Å². The van der Waals surface area contributed by atoms with E-state index in [0.717, 1.165) is 4.90 Å². The molecule has 3 aromatic rings. The number of fused-ring (bicyclic) bond motifs is 1. The van der Waals surface area contributed by atoms with Crippen LogP contribution in [0.25, 0.3) is 11.0 Å². The van der Waals surface area contributed by atoms with Crippen LogP contribution in [0.15, 0.2) is 56.9 Å². The molecule has 0 aliphatic carbocycles. The highest BCUT2D eigenvalue weighted by molar-refractivity contribution is 8.00. The third kappa shape index (κ3) is 3.87. The molecule has 0 aliphatic heterocycles. The Morgan fingerprint density at radius 1 is 1.00 bits per heavy atom. The smallest absolute Gasteiger partial charge is 0.314 e. The Labute approximate surface area is 145 Å². The van der Waals surface area contributed by atoms with Crippen molar-refractivity contribution in [3.8, 4) is 0 Å². The molecule has 0 saturated carbocycles. The van der Waals surface area contributed by atoms with Crippen molar-refractivity contribution in [2.75, 3.05) is 11.1 Å². The number of hydrogen-bond acceptors (Lipinski definition) is 4. The molecule has 3 rings (SSSR count). The van der Waals surface area contributed by atoms with Crippen LogP contribution in [0, 0.1) is 0 Å². The molecule has 0 aliphatic rings. The van der Waals surface area contributed by atoms with E-state index in [1.165, 1.54) is 11.8 Å². The zero-order chi connectivity index (χ0) is 17.1. The third-order valence-corrected chi connectivity index (χ3v) is 4.45. The summed E-state index contributed by atoms with van der Waals surface area (Å²) in [5, 5.41) is 3.40. The van der Waals surface area contributed by atoms with Crippen molar-refractivity contribution in [1.29, 1.82) is 0 Å². The fourth-order valence-corrected chi connectivity index (χ4v) is 2.89. The number of carbonyl (C=O) groups excluding carboxylic acids is 1. The zero-order valence-electron chi connectivity index (χ0n) is 12.3. The second-order valence-electron chi connectivity index (χ2n) is 4.96. The first-order chi connectivity index (χ1) is 11.5. The number of carbonyl (C=O) groups is 1. The number of aromatic amines is 2. The van der Waals surface area contributed by atoms with Gasteiger partial charge in [0.1, 0.15) is 0 Å². The van der Waals surface area contributed by atoms with Crippen molar-refractivity contribution in [1.82, 2.24) is 9.97 Å². The van der Waals surface area contributed by atoms with Crippen molar-refractivity contribution in [2.24, 2.45) is 0 Å². The summed E-state index contributed by atoms with van der Waals surface area (Å²) >= 11 is 7.20. The highest BCUT2D eigenvalue weighted by Gasteiger charge is 2.06. The molecule has 0 bridgehead atoms. The van der Waals surface area contributed by atoms with Gasteiger partial charge in [0.25, 0.3) is 0 Å². The second kappa shape index (κ2) is 6.94. The summed E-state index contributed by atoms with van der Waals surface area (Å²) < 4.78 is 0. The molecule has 24 heavy (non-hydrogen) atoms. The summed E-state index contributed by atoms with van der Waals surface area (Å²) in [4.78, 5) is 40.5. The van der Waals surface area contributed by atoms with Gasteiger partial charge in [-0.05, 0) is 42.5 Å². The average molecular weight is 362 g/mol. The molecule has 122 valence electrons. The summed E-state index contributed by atoms with van der Waals surface area (Å²) in [6.07, 6.45) is 0. The number of aromatic nitrogens is 2. The van der Waals surface area contributed by atoms with E-state index < -0.39 is 11.1 Å². The van der Waals surface area contributed by atoms with Crippen LogP contribution in [0.4, 0.5) is 5.69 Å². The van der Waals surface area contributed by atoms with Gasteiger partial charge in [-0.25, -0.2) is 0 Å². The fraction of sp³-hybridized carbons (Fsp3) is 0.0625. The Balaban J connectivity index is 1.68. The summed E-state index contributed by atoms with van der Waals surface area (Å²) in [5.41, 5.74) is 0.0331. The van der Waals surface area contributed by atoms with Crippen LogP contribution in [0.5, 0.6) is 0 Å². The van der Waals surface area contributed by atoms with Crippen LogP contribution in [0.1, 0.15) is 0 Å². The SMILES string of the molecule is O=C(CSc1ccc(Cl)cc1)Nc1ccc2[nH]c(=O)c(=O)[nH]c2c1. The molecule has 6 nitrogen and oxygen atoms in total. The number of benzene rings is 2. The topological polar surface area (TPSA) is 94.8 Å². The number of hydrogen-bond donors (Lipinski definition) is 3. The lowest BCUT2D eigenvalue weighted by atomic mass is 10.2. The lowest BCUT2D eigenvalue weighted by Crippen LogP contribution is -2.28. The molecule has 0 radical (unpaired) electrons. The van der Waals surface area contributed by atoms with Gasteiger partial charge in [-0.3, -0.25) is 14.4 Å². The number of thioether (sulfide) groups is 1. The molecule has 1 amide bonds. The first-order valence-electron chi connectivity index (χ1n) is 6.96. The van der Waals surface area contributed by atoms with E-state index in [0.29, 0.717) is 21.7 Å². The van der Waals surface area contributed by atoms with E-state index in [9.17, 15) is 14.4 Å². The highest BCUT2D eigenvalue weighted by Crippen LogP contribution is 2.21. The van der Waals surface area contributed by atoms with Crippen LogP contribution in [-0.4, -0.2) is 21.6 Å². The maximum absolute atomic E-state index is 12.0. The molecular weight excluding hydrogens is 350 g/mol. The monoisotopic (exact) mass is 361 g/mol. The summed E-state index contributed by atoms with van der Waals surface area (Å²) in [6.45, 7) is 0. The minimum absolute atomic E-state index is 0.180. The lowest BCUT2D eigenvalue weighted by Gasteiger charge is -2.06. The Morgan fingerprint density at radius 3 is 2.38 bits per heavy atom. The van der Waals surface area contributed by atoms with Crippen molar-refractivity contribution >= 4 is 46.0 Å². The number of H-pyrrole nitrogens is 2. The van der Waals surface area contributed by atoms with Gasteiger partial charge in [0.2, 0.25) is 5.91 Å². The van der Waals surface area contributed by atoms with Gasteiger partial charge in [-0.2, -0.15) is 0 Å². The van der Waals surface area contributed by atoms with Gasteiger partial charge in [0, 0.05) is 15.6 Å². The Hall–Kier alpha value is -2.51. The zero-order valence-corrected chi connectivity index (χ0v) is 13.8. The normalized spacial score (nSPS) is 10.7. The molecule has 3 N–H and O–H groups in total. The van der Waals surface area contributed by atoms with E-state index >= 15 is 0 Å². The molecule has 1 aromatic heterocycles. The van der Waals surface area contributed by atoms with Crippen LogP contribution < -0.4 is 16.4 Å². The first-order valence-corrected chi connectivity index (χ1v) is 8.32. The van der Waals surface area contributed by atoms with E-state index in [2.05, 4.69) is 15.3 Å². The van der Waals surface area contributed by atoms with E-state index in [1.807, 2.05) is 12.1 Å². The van der Waals surface area contributed by atoms with Crippen LogP contribution in [-0.2, 0) is 4.79 Å². The predicted octanol–water partition coefficient (Wildman–Crippen LogP) is 2.60. The molecule has 1 heterocycles. The van der Waals surface area contributed by atoms with Crippen molar-refractivity contribution in [3.63, 3.8) is 0 Å². The molecule has 2 aromatic carbocycles. The van der Waals surface area contributed by atoms with Gasteiger partial charge in [-0.15, -0.1) is 11.8 Å². The molecule has 0 spiro atoms. The lowest BCUT2D eigenvalue weighted by molar-refractivity contribution is -0.113. The van der Waals surface area contributed by atoms with E-state index in [4.69, 9.17) is 11.6 Å². The van der Waals surface area contributed by atoms with Gasteiger partial charge in [0.15, 0.2) is 0 Å². The molecule has 0 unspecified atom stereocenters. The third-order valence-electron chi connectivity index (χ3n) is 3.19. The summed E-state index contributed by atoms with van der Waals surface area (Å²) in [6, 6.07) is 12.1. The average Bonchev–Trinajstić information content (AvgIpc) is 2.56. The summed E-state index contributed by atoms with van der Waals surface area (Å²) in [7, 11) is 0. The Morgan fingerprint density at radius 2 is 1.67 bits per heavy atom. The number of rotatable bonds is 4. The number of anilines is 1. The van der Waals surface area contributed by atoms with Crippen molar-refractivity contribution < 1.29 is 4.79 Å². The maximum Gasteiger partial charge on any atom is 0.314 e. The van der Waals surface area contributed by atoms with E-state index in [1.54, 1.807) is 30.3 Å². The fourth-order valence-electron chi connectivity index (χ4n) is 2.07. The largest absolute Gasteiger partial charge is 0.325 e. The van der Waals surface area contributed by atoms with Crippen LogP contribution in [0.2, 0.25) is 5.02 Å². The Kier molecular flexibility index (Phi) is 4.73. The minimum atomic E-state index is -0.732. The van der Waals surface area contributed by atoms with Crippen molar-refractivity contribution in [3.05, 3.63) is 68.2 Å². The number of amides is 1. The van der Waals surface area contributed by atoms with Crippen LogP contribution in [0.3, 0.4) is 0 Å². The molecule has 8 heteroatoms.